The van der Waals surface area contributed by atoms with Gasteiger partial charge in [0.25, 0.3) is 0 Å². The van der Waals surface area contributed by atoms with Crippen molar-refractivity contribution in [1.82, 2.24) is 14.9 Å². The fourth-order valence-electron chi connectivity index (χ4n) is 4.62. The average Bonchev–Trinajstić information content (AvgIpc) is 2.72. The number of rotatable bonds is 10. The van der Waals surface area contributed by atoms with Gasteiger partial charge >= 0.3 is 0 Å². The zero-order valence-electron chi connectivity index (χ0n) is 22.0. The molecule has 204 valence electrons. The Morgan fingerprint density at radius 2 is 1.76 bits per heavy atom. The largest absolute Gasteiger partial charge is 0.390 e. The number of hydrogen-bond acceptors (Lipinski definition) is 5. The summed E-state index contributed by atoms with van der Waals surface area (Å²) in [6.45, 7) is 8.42. The van der Waals surface area contributed by atoms with Gasteiger partial charge in [0, 0.05) is 44.6 Å². The molecular weight excluding hydrogens is 500 g/mol. The maximum atomic E-state index is 13.7. The number of carbonyl (C=O) groups is 1. The summed E-state index contributed by atoms with van der Waals surface area (Å²) in [5.74, 6) is -1.86. The summed E-state index contributed by atoms with van der Waals surface area (Å²) >= 11 is 0. The lowest BCUT2D eigenvalue weighted by Gasteiger charge is -2.43. The molecule has 7 nitrogen and oxygen atoms in total. The maximum absolute atomic E-state index is 13.7. The summed E-state index contributed by atoms with van der Waals surface area (Å²) in [5, 5.41) is 17.1. The van der Waals surface area contributed by atoms with Gasteiger partial charge < -0.3 is 15.7 Å². The number of amides is 1. The van der Waals surface area contributed by atoms with Crippen LogP contribution in [-0.2, 0) is 26.7 Å². The molecule has 0 aliphatic carbocycles. The van der Waals surface area contributed by atoms with Crippen LogP contribution in [0.1, 0.15) is 50.4 Å². The third-order valence-corrected chi connectivity index (χ3v) is 7.94. The normalized spacial score (nSPS) is 17.6. The molecule has 0 aromatic heterocycles. The number of benzene rings is 2. The zero-order valence-corrected chi connectivity index (χ0v) is 22.8. The van der Waals surface area contributed by atoms with Crippen molar-refractivity contribution < 1.29 is 27.1 Å². The average molecular weight is 538 g/mol. The minimum atomic E-state index is -3.30. The molecule has 2 aromatic rings. The van der Waals surface area contributed by atoms with Crippen LogP contribution in [0.15, 0.2) is 42.5 Å². The highest BCUT2D eigenvalue weighted by atomic mass is 32.2. The van der Waals surface area contributed by atoms with Gasteiger partial charge in [-0.25, -0.2) is 21.5 Å². The molecule has 0 radical (unpaired) electrons. The first-order valence-corrected chi connectivity index (χ1v) is 14.2. The Bertz CT molecular complexity index is 1190. The van der Waals surface area contributed by atoms with Gasteiger partial charge in [-0.15, -0.1) is 0 Å². The van der Waals surface area contributed by atoms with Crippen molar-refractivity contribution in [1.29, 1.82) is 0 Å². The molecule has 0 bridgehead atoms. The Balaban J connectivity index is 1.80. The molecule has 1 saturated heterocycles. The van der Waals surface area contributed by atoms with Crippen LogP contribution in [0.5, 0.6) is 0 Å². The molecule has 1 amide bonds. The molecule has 0 saturated carbocycles. The monoisotopic (exact) mass is 537 g/mol. The third kappa shape index (κ3) is 8.04. The maximum Gasteiger partial charge on any atom is 0.217 e. The molecule has 37 heavy (non-hydrogen) atoms. The summed E-state index contributed by atoms with van der Waals surface area (Å²) in [7, 11) is -3.30. The number of nitrogens with one attached hydrogen (secondary N) is 2. The highest BCUT2D eigenvalue weighted by Gasteiger charge is 2.39. The number of halogens is 2. The highest BCUT2D eigenvalue weighted by molar-refractivity contribution is 7.88. The summed E-state index contributed by atoms with van der Waals surface area (Å²) in [5.41, 5.74) is 2.32. The Morgan fingerprint density at radius 3 is 2.30 bits per heavy atom. The second-order valence-electron chi connectivity index (χ2n) is 11.0. The van der Waals surface area contributed by atoms with Crippen LogP contribution in [0.3, 0.4) is 0 Å². The van der Waals surface area contributed by atoms with E-state index in [0.29, 0.717) is 18.7 Å². The van der Waals surface area contributed by atoms with E-state index >= 15 is 0 Å². The predicted molar refractivity (Wildman–Crippen MR) is 139 cm³/mol. The second kappa shape index (κ2) is 11.6. The summed E-state index contributed by atoms with van der Waals surface area (Å²) in [6, 6.07) is 10.2. The molecule has 2 aromatic carbocycles. The predicted octanol–water partition coefficient (Wildman–Crippen LogP) is 2.89. The van der Waals surface area contributed by atoms with Crippen LogP contribution in [0.25, 0.3) is 0 Å². The first kappa shape index (κ1) is 29.2. The number of aliphatic hydroxyl groups excluding tert-OH is 1. The summed E-state index contributed by atoms with van der Waals surface area (Å²) in [4.78, 5) is 11.8. The van der Waals surface area contributed by atoms with Crippen molar-refractivity contribution in [2.75, 3.05) is 25.9 Å². The van der Waals surface area contributed by atoms with Gasteiger partial charge in [0.15, 0.2) is 0 Å². The minimum Gasteiger partial charge on any atom is -0.390 e. The number of sulfonamides is 1. The molecular formula is C27H37F2N3O4S. The van der Waals surface area contributed by atoms with Crippen LogP contribution in [0.4, 0.5) is 8.78 Å². The van der Waals surface area contributed by atoms with E-state index in [1.54, 1.807) is 0 Å². The van der Waals surface area contributed by atoms with Crippen molar-refractivity contribution >= 4 is 15.9 Å². The molecule has 3 atom stereocenters. The van der Waals surface area contributed by atoms with Crippen molar-refractivity contribution in [3.05, 3.63) is 70.8 Å². The lowest BCUT2D eigenvalue weighted by Crippen LogP contribution is -2.55. The number of nitrogens with zero attached hydrogens (tertiary/aromatic N) is 1. The van der Waals surface area contributed by atoms with E-state index in [4.69, 9.17) is 0 Å². The topological polar surface area (TPSA) is 98.7 Å². The zero-order chi connectivity index (χ0) is 27.5. The second-order valence-corrected chi connectivity index (χ2v) is 12.9. The van der Waals surface area contributed by atoms with Crippen LogP contribution in [0.2, 0.25) is 0 Å². The molecule has 10 heteroatoms. The van der Waals surface area contributed by atoms with Crippen LogP contribution >= 0.6 is 0 Å². The van der Waals surface area contributed by atoms with Crippen LogP contribution in [-0.4, -0.2) is 61.8 Å². The molecule has 3 N–H and O–H groups in total. The Labute approximate surface area is 218 Å². The Kier molecular flexibility index (Phi) is 9.10. The molecule has 1 aliphatic rings. The van der Waals surface area contributed by atoms with E-state index in [-0.39, 0.29) is 36.2 Å². The van der Waals surface area contributed by atoms with Gasteiger partial charge in [-0.3, -0.25) is 4.79 Å². The molecule has 1 fully saturated rings. The molecule has 3 rings (SSSR count). The van der Waals surface area contributed by atoms with Gasteiger partial charge in [0.1, 0.15) is 11.6 Å². The van der Waals surface area contributed by atoms with E-state index in [2.05, 4.69) is 37.5 Å². The van der Waals surface area contributed by atoms with E-state index in [1.165, 1.54) is 29.6 Å². The third-order valence-electron chi connectivity index (χ3n) is 6.71. The van der Waals surface area contributed by atoms with Crippen molar-refractivity contribution in [2.24, 2.45) is 5.92 Å². The smallest absolute Gasteiger partial charge is 0.217 e. The van der Waals surface area contributed by atoms with Gasteiger partial charge in [-0.2, -0.15) is 0 Å². The van der Waals surface area contributed by atoms with E-state index in [9.17, 15) is 27.1 Å². The first-order valence-electron chi connectivity index (χ1n) is 12.3. The number of carbonyl (C=O) groups excluding carboxylic acids is 1. The lowest BCUT2D eigenvalue weighted by atomic mass is 9.82. The minimum absolute atomic E-state index is 0.0197. The summed E-state index contributed by atoms with van der Waals surface area (Å²) in [6.07, 6.45) is 0.143. The van der Waals surface area contributed by atoms with Crippen LogP contribution in [0, 0.1) is 17.6 Å². The first-order chi connectivity index (χ1) is 17.1. The van der Waals surface area contributed by atoms with Gasteiger partial charge in [-0.1, -0.05) is 45.0 Å². The molecule has 1 heterocycles. The van der Waals surface area contributed by atoms with Gasteiger partial charge in [0.2, 0.25) is 15.9 Å². The molecule has 1 aliphatic heterocycles. The van der Waals surface area contributed by atoms with E-state index in [0.717, 1.165) is 17.2 Å². The van der Waals surface area contributed by atoms with Crippen molar-refractivity contribution in [2.45, 2.75) is 57.7 Å². The standard InChI is InChI=1S/C27H37F2N3O4S/c1-17(33)31-24(11-18-9-22(28)13-23(29)10-18)25(34)14-30-26(20-15-32(16-20)37(5,35)36)19-7-6-8-21(12-19)27(2,3)4/h6-10,12-13,20,24-26,30,34H,11,14-16H2,1-5H3,(H,31,33). The van der Waals surface area contributed by atoms with E-state index < -0.39 is 33.8 Å². The SMILES string of the molecule is CC(=O)NC(Cc1cc(F)cc(F)c1)C(O)CNC(c1cccc(C(C)(C)C)c1)C1CN(S(C)(=O)=O)C1. The fraction of sp³-hybridized carbons (Fsp3) is 0.519. The highest BCUT2D eigenvalue weighted by Crippen LogP contribution is 2.33. The summed E-state index contributed by atoms with van der Waals surface area (Å²) < 4.78 is 52.7. The molecule has 0 spiro atoms. The van der Waals surface area contributed by atoms with Gasteiger partial charge in [-0.05, 0) is 40.7 Å². The van der Waals surface area contributed by atoms with E-state index in [1.807, 2.05) is 18.2 Å². The quantitative estimate of drug-likeness (QED) is 0.433. The Morgan fingerprint density at radius 1 is 1.14 bits per heavy atom. The van der Waals surface area contributed by atoms with Crippen molar-refractivity contribution in [3.8, 4) is 0 Å². The Hall–Kier alpha value is -2.40. The van der Waals surface area contributed by atoms with Crippen LogP contribution < -0.4 is 10.6 Å². The lowest BCUT2D eigenvalue weighted by molar-refractivity contribution is -0.120. The molecule has 3 unspecified atom stereocenters. The fourth-order valence-corrected chi connectivity index (χ4v) is 5.55. The van der Waals surface area contributed by atoms with Crippen molar-refractivity contribution in [3.63, 3.8) is 0 Å². The van der Waals surface area contributed by atoms with Gasteiger partial charge in [0.05, 0.1) is 18.4 Å². The number of hydrogen-bond donors (Lipinski definition) is 3. The number of aliphatic hydroxyl groups is 1.